The fourth-order valence-electron chi connectivity index (χ4n) is 3.32. The van der Waals surface area contributed by atoms with Crippen molar-refractivity contribution in [2.45, 2.75) is 57.5 Å². The van der Waals surface area contributed by atoms with Crippen LogP contribution < -0.4 is 5.73 Å². The average Bonchev–Trinajstić information content (AvgIpc) is 2.94. The van der Waals surface area contributed by atoms with Gasteiger partial charge in [-0.2, -0.15) is 0 Å². The Morgan fingerprint density at radius 3 is 3.10 bits per heavy atom. The predicted octanol–water partition coefficient (Wildman–Crippen LogP) is 3.28. The van der Waals surface area contributed by atoms with Crippen molar-refractivity contribution in [1.82, 2.24) is 9.55 Å². The van der Waals surface area contributed by atoms with Crippen molar-refractivity contribution in [3.05, 3.63) is 53.6 Å². The van der Waals surface area contributed by atoms with Gasteiger partial charge < -0.3 is 10.3 Å². The van der Waals surface area contributed by atoms with Crippen LogP contribution in [0.3, 0.4) is 0 Å². The van der Waals surface area contributed by atoms with E-state index < -0.39 is 0 Å². The van der Waals surface area contributed by atoms with Gasteiger partial charge in [0.1, 0.15) is 0 Å². The zero-order chi connectivity index (χ0) is 14.7. The largest absolute Gasteiger partial charge is 0.337 e. The first kappa shape index (κ1) is 14.3. The van der Waals surface area contributed by atoms with E-state index in [1.165, 1.54) is 30.4 Å². The van der Waals surface area contributed by atoms with Crippen molar-refractivity contribution in [2.75, 3.05) is 0 Å². The van der Waals surface area contributed by atoms with E-state index in [0.717, 1.165) is 25.1 Å². The minimum Gasteiger partial charge on any atom is -0.337 e. The summed E-state index contributed by atoms with van der Waals surface area (Å²) >= 11 is 0. The highest BCUT2D eigenvalue weighted by Crippen LogP contribution is 2.32. The van der Waals surface area contributed by atoms with Crippen LogP contribution in [0.4, 0.5) is 0 Å². The maximum absolute atomic E-state index is 6.01. The molecule has 0 fully saturated rings. The molecule has 3 heteroatoms. The van der Waals surface area contributed by atoms with Gasteiger partial charge in [0.2, 0.25) is 0 Å². The Bertz CT molecular complexity index is 588. The molecule has 2 atom stereocenters. The first-order valence-corrected chi connectivity index (χ1v) is 8.10. The van der Waals surface area contributed by atoms with Gasteiger partial charge in [0.15, 0.2) is 0 Å². The molecule has 0 bridgehead atoms. The molecule has 3 rings (SSSR count). The average molecular weight is 283 g/mol. The SMILES string of the molecule is CCC(N)Cc1cn(CC2CCCc3ccccc32)cn1. The van der Waals surface area contributed by atoms with Gasteiger partial charge in [-0.25, -0.2) is 4.98 Å². The molecule has 3 nitrogen and oxygen atoms in total. The molecule has 21 heavy (non-hydrogen) atoms. The maximum Gasteiger partial charge on any atom is 0.0949 e. The van der Waals surface area contributed by atoms with Crippen molar-refractivity contribution in [1.29, 1.82) is 0 Å². The second-order valence-corrected chi connectivity index (χ2v) is 6.22. The van der Waals surface area contributed by atoms with Gasteiger partial charge in [0.05, 0.1) is 12.0 Å². The van der Waals surface area contributed by atoms with Gasteiger partial charge in [-0.1, -0.05) is 31.2 Å². The van der Waals surface area contributed by atoms with Gasteiger partial charge in [0, 0.05) is 31.1 Å². The Balaban J connectivity index is 1.70. The third-order valence-electron chi connectivity index (χ3n) is 4.61. The monoisotopic (exact) mass is 283 g/mol. The molecule has 112 valence electrons. The summed E-state index contributed by atoms with van der Waals surface area (Å²) < 4.78 is 2.24. The third kappa shape index (κ3) is 3.35. The third-order valence-corrected chi connectivity index (χ3v) is 4.61. The standard InChI is InChI=1S/C18H25N3/c1-2-16(19)10-17-12-21(13-20-17)11-15-8-5-7-14-6-3-4-9-18(14)15/h3-4,6,9,12-13,15-16H,2,5,7-8,10-11,19H2,1H3. The molecule has 0 aliphatic heterocycles. The first-order chi connectivity index (χ1) is 10.3. The number of nitrogens with two attached hydrogens (primary N) is 1. The molecule has 0 saturated carbocycles. The number of hydrogen-bond acceptors (Lipinski definition) is 2. The summed E-state index contributed by atoms with van der Waals surface area (Å²) in [7, 11) is 0. The fourth-order valence-corrected chi connectivity index (χ4v) is 3.32. The second kappa shape index (κ2) is 6.44. The van der Waals surface area contributed by atoms with Crippen LogP contribution in [-0.4, -0.2) is 15.6 Å². The molecule has 1 aliphatic rings. The molecule has 1 aromatic heterocycles. The lowest BCUT2D eigenvalue weighted by Crippen LogP contribution is -2.21. The number of aromatic nitrogens is 2. The summed E-state index contributed by atoms with van der Waals surface area (Å²) in [5.74, 6) is 0.622. The van der Waals surface area contributed by atoms with Crippen LogP contribution in [0, 0.1) is 0 Å². The molecule has 0 saturated heterocycles. The van der Waals surface area contributed by atoms with Crippen LogP contribution in [0.15, 0.2) is 36.8 Å². The van der Waals surface area contributed by atoms with Crippen molar-refractivity contribution >= 4 is 0 Å². The molecule has 0 radical (unpaired) electrons. The van der Waals surface area contributed by atoms with Gasteiger partial charge in [0.25, 0.3) is 0 Å². The minimum atomic E-state index is 0.226. The van der Waals surface area contributed by atoms with Gasteiger partial charge in [-0.3, -0.25) is 0 Å². The summed E-state index contributed by atoms with van der Waals surface area (Å²) in [6, 6.07) is 9.12. The van der Waals surface area contributed by atoms with Crippen LogP contribution in [0.25, 0.3) is 0 Å². The summed E-state index contributed by atoms with van der Waals surface area (Å²) in [4.78, 5) is 4.51. The lowest BCUT2D eigenvalue weighted by atomic mass is 9.83. The Hall–Kier alpha value is -1.61. The zero-order valence-electron chi connectivity index (χ0n) is 12.8. The quantitative estimate of drug-likeness (QED) is 0.915. The minimum absolute atomic E-state index is 0.226. The number of rotatable bonds is 5. The normalized spacial score (nSPS) is 19.2. The van der Waals surface area contributed by atoms with Crippen LogP contribution in [0.1, 0.15) is 48.9 Å². The molecule has 0 amide bonds. The lowest BCUT2D eigenvalue weighted by molar-refractivity contribution is 0.482. The number of nitrogens with zero attached hydrogens (tertiary/aromatic N) is 2. The number of aryl methyl sites for hydroxylation is 1. The van der Waals surface area contributed by atoms with E-state index in [-0.39, 0.29) is 6.04 Å². The fraction of sp³-hybridized carbons (Fsp3) is 0.500. The Morgan fingerprint density at radius 2 is 2.24 bits per heavy atom. The summed E-state index contributed by atoms with van der Waals surface area (Å²) in [6.07, 6.45) is 9.82. The van der Waals surface area contributed by atoms with Gasteiger partial charge >= 0.3 is 0 Å². The molecule has 1 aliphatic carbocycles. The molecule has 1 heterocycles. The van der Waals surface area contributed by atoms with Crippen molar-refractivity contribution in [3.8, 4) is 0 Å². The van der Waals surface area contributed by atoms with E-state index in [0.29, 0.717) is 5.92 Å². The predicted molar refractivity (Wildman–Crippen MR) is 86.3 cm³/mol. The number of imidazole rings is 1. The van der Waals surface area contributed by atoms with E-state index >= 15 is 0 Å². The smallest absolute Gasteiger partial charge is 0.0949 e. The number of benzene rings is 1. The summed E-state index contributed by atoms with van der Waals surface area (Å²) in [6.45, 7) is 3.16. The van der Waals surface area contributed by atoms with E-state index in [9.17, 15) is 0 Å². The van der Waals surface area contributed by atoms with E-state index in [2.05, 4.69) is 46.9 Å². The number of hydrogen-bond donors (Lipinski definition) is 1. The molecule has 1 aromatic carbocycles. The molecule has 2 aromatic rings. The molecule has 0 spiro atoms. The van der Waals surface area contributed by atoms with Crippen LogP contribution in [-0.2, 0) is 19.4 Å². The summed E-state index contributed by atoms with van der Waals surface area (Å²) in [5.41, 5.74) is 10.2. The molecular weight excluding hydrogens is 258 g/mol. The zero-order valence-corrected chi connectivity index (χ0v) is 12.8. The van der Waals surface area contributed by atoms with Crippen LogP contribution in [0.2, 0.25) is 0 Å². The van der Waals surface area contributed by atoms with Crippen molar-refractivity contribution in [2.24, 2.45) is 5.73 Å². The molecule has 2 N–H and O–H groups in total. The maximum atomic E-state index is 6.01. The highest BCUT2D eigenvalue weighted by Gasteiger charge is 2.20. The highest BCUT2D eigenvalue weighted by atomic mass is 15.0. The van der Waals surface area contributed by atoms with Crippen molar-refractivity contribution in [3.63, 3.8) is 0 Å². The van der Waals surface area contributed by atoms with E-state index in [4.69, 9.17) is 5.73 Å². The lowest BCUT2D eigenvalue weighted by Gasteiger charge is -2.25. The van der Waals surface area contributed by atoms with Crippen molar-refractivity contribution < 1.29 is 0 Å². The van der Waals surface area contributed by atoms with Gasteiger partial charge in [-0.15, -0.1) is 0 Å². The highest BCUT2D eigenvalue weighted by molar-refractivity contribution is 5.32. The number of fused-ring (bicyclic) bond motifs is 1. The Morgan fingerprint density at radius 1 is 1.38 bits per heavy atom. The van der Waals surface area contributed by atoms with E-state index in [1.54, 1.807) is 0 Å². The Kier molecular flexibility index (Phi) is 4.39. The molecule has 2 unspecified atom stereocenters. The van der Waals surface area contributed by atoms with Crippen LogP contribution in [0.5, 0.6) is 0 Å². The Labute approximate surface area is 127 Å². The molecular formula is C18H25N3. The van der Waals surface area contributed by atoms with E-state index in [1.807, 2.05) is 6.33 Å². The first-order valence-electron chi connectivity index (χ1n) is 8.10. The second-order valence-electron chi connectivity index (χ2n) is 6.22. The topological polar surface area (TPSA) is 43.8 Å². The van der Waals surface area contributed by atoms with Crippen LogP contribution >= 0.6 is 0 Å². The van der Waals surface area contributed by atoms with Gasteiger partial charge in [-0.05, 0) is 36.8 Å². The summed E-state index contributed by atoms with van der Waals surface area (Å²) in [5, 5.41) is 0.